The molecule has 0 aliphatic heterocycles. The maximum absolute atomic E-state index is 11.6. The van der Waals surface area contributed by atoms with Crippen LogP contribution in [0.4, 0.5) is 0 Å². The fraction of sp³-hybridized carbons (Fsp3) is 0.727. The molecule has 3 N–H and O–H groups in total. The minimum Gasteiger partial charge on any atom is -0.349 e. The van der Waals surface area contributed by atoms with E-state index >= 15 is 0 Å². The number of carbonyl (C=O) groups is 1. The molecule has 0 saturated carbocycles. The Morgan fingerprint density at radius 1 is 1.59 bits per heavy atom. The molecular weight excluding hydrogens is 218 g/mol. The van der Waals surface area contributed by atoms with E-state index < -0.39 is 0 Å². The van der Waals surface area contributed by atoms with E-state index in [0.29, 0.717) is 13.0 Å². The molecule has 1 aromatic heterocycles. The maximum Gasteiger partial charge on any atom is 0.221 e. The summed E-state index contributed by atoms with van der Waals surface area (Å²) in [5.74, 6) is 0.738. The molecule has 0 aliphatic rings. The van der Waals surface area contributed by atoms with Crippen LogP contribution >= 0.6 is 0 Å². The first kappa shape index (κ1) is 13.6. The molecule has 6 heteroatoms. The highest BCUT2D eigenvalue weighted by Gasteiger charge is 2.09. The van der Waals surface area contributed by atoms with E-state index in [4.69, 9.17) is 5.73 Å². The third-order valence-electron chi connectivity index (χ3n) is 2.59. The van der Waals surface area contributed by atoms with Gasteiger partial charge in [0.2, 0.25) is 5.91 Å². The standard InChI is InChI=1S/C11H21N5O/c1-3-5-9(12)6-11(17)13-7-10-15-14-8-16(10)4-2/h8-9H,3-7,12H2,1-2H3,(H,13,17). The Hall–Kier alpha value is -1.43. The van der Waals surface area contributed by atoms with E-state index in [1.165, 1.54) is 0 Å². The summed E-state index contributed by atoms with van der Waals surface area (Å²) in [5, 5.41) is 10.5. The molecule has 96 valence electrons. The van der Waals surface area contributed by atoms with E-state index in [9.17, 15) is 4.79 Å². The second-order valence-electron chi connectivity index (χ2n) is 4.06. The lowest BCUT2D eigenvalue weighted by molar-refractivity contribution is -0.121. The number of nitrogens with one attached hydrogen (secondary N) is 1. The number of hydrogen-bond acceptors (Lipinski definition) is 4. The molecule has 1 unspecified atom stereocenters. The Morgan fingerprint density at radius 3 is 3.00 bits per heavy atom. The summed E-state index contributed by atoms with van der Waals surface area (Å²) in [5.41, 5.74) is 5.80. The van der Waals surface area contributed by atoms with Gasteiger partial charge in [-0.2, -0.15) is 0 Å². The van der Waals surface area contributed by atoms with Gasteiger partial charge in [0, 0.05) is 19.0 Å². The zero-order chi connectivity index (χ0) is 12.7. The Labute approximate surface area is 102 Å². The van der Waals surface area contributed by atoms with Gasteiger partial charge in [0.05, 0.1) is 6.54 Å². The zero-order valence-corrected chi connectivity index (χ0v) is 10.5. The van der Waals surface area contributed by atoms with E-state index in [2.05, 4.69) is 22.4 Å². The minimum atomic E-state index is -0.0518. The number of aromatic nitrogens is 3. The van der Waals surface area contributed by atoms with Gasteiger partial charge in [0.1, 0.15) is 6.33 Å². The summed E-state index contributed by atoms with van der Waals surface area (Å²) in [6.45, 7) is 5.27. The summed E-state index contributed by atoms with van der Waals surface area (Å²) in [6, 6.07) is -0.0518. The molecule has 0 aliphatic carbocycles. The highest BCUT2D eigenvalue weighted by Crippen LogP contribution is 1.99. The second kappa shape index (κ2) is 7.01. The quantitative estimate of drug-likeness (QED) is 0.722. The van der Waals surface area contributed by atoms with Crippen LogP contribution < -0.4 is 11.1 Å². The Morgan fingerprint density at radius 2 is 2.35 bits per heavy atom. The molecule has 1 aromatic rings. The summed E-state index contributed by atoms with van der Waals surface area (Å²) in [6.07, 6.45) is 3.90. The van der Waals surface area contributed by atoms with Crippen LogP contribution in [0.1, 0.15) is 38.9 Å². The average molecular weight is 239 g/mol. The third kappa shape index (κ3) is 4.52. The molecule has 1 amide bonds. The smallest absolute Gasteiger partial charge is 0.221 e. The zero-order valence-electron chi connectivity index (χ0n) is 10.5. The lowest BCUT2D eigenvalue weighted by Crippen LogP contribution is -2.31. The SMILES string of the molecule is CCCC(N)CC(=O)NCc1nncn1CC. The molecule has 0 bridgehead atoms. The molecule has 0 aromatic carbocycles. The number of aryl methyl sites for hydroxylation is 1. The lowest BCUT2D eigenvalue weighted by atomic mass is 10.1. The molecule has 0 spiro atoms. The van der Waals surface area contributed by atoms with Crippen molar-refractivity contribution in [2.24, 2.45) is 5.73 Å². The first-order valence-corrected chi connectivity index (χ1v) is 6.06. The van der Waals surface area contributed by atoms with Crippen molar-refractivity contribution in [3.8, 4) is 0 Å². The van der Waals surface area contributed by atoms with Crippen molar-refractivity contribution in [3.63, 3.8) is 0 Å². The van der Waals surface area contributed by atoms with Gasteiger partial charge >= 0.3 is 0 Å². The van der Waals surface area contributed by atoms with E-state index in [0.717, 1.165) is 25.2 Å². The number of hydrogen-bond donors (Lipinski definition) is 2. The summed E-state index contributed by atoms with van der Waals surface area (Å²) < 4.78 is 1.90. The van der Waals surface area contributed by atoms with Gasteiger partial charge in [-0.1, -0.05) is 13.3 Å². The van der Waals surface area contributed by atoms with Gasteiger partial charge in [0.25, 0.3) is 0 Å². The van der Waals surface area contributed by atoms with Gasteiger partial charge in [-0.05, 0) is 13.3 Å². The minimum absolute atomic E-state index is 0.0309. The van der Waals surface area contributed by atoms with Crippen molar-refractivity contribution in [1.29, 1.82) is 0 Å². The van der Waals surface area contributed by atoms with E-state index in [1.807, 2.05) is 11.5 Å². The Balaban J connectivity index is 2.33. The van der Waals surface area contributed by atoms with Crippen molar-refractivity contribution in [2.45, 2.75) is 52.2 Å². The number of nitrogens with zero attached hydrogens (tertiary/aromatic N) is 3. The van der Waals surface area contributed by atoms with Crippen LogP contribution in [0.2, 0.25) is 0 Å². The van der Waals surface area contributed by atoms with Crippen molar-refractivity contribution >= 4 is 5.91 Å². The fourth-order valence-corrected chi connectivity index (χ4v) is 1.64. The van der Waals surface area contributed by atoms with Crippen LogP contribution in [-0.4, -0.2) is 26.7 Å². The van der Waals surface area contributed by atoms with Crippen LogP contribution in [0.5, 0.6) is 0 Å². The van der Waals surface area contributed by atoms with Crippen molar-refractivity contribution in [2.75, 3.05) is 0 Å². The van der Waals surface area contributed by atoms with E-state index in [1.54, 1.807) is 6.33 Å². The first-order chi connectivity index (χ1) is 8.17. The highest BCUT2D eigenvalue weighted by atomic mass is 16.1. The van der Waals surface area contributed by atoms with Crippen LogP contribution in [0.3, 0.4) is 0 Å². The monoisotopic (exact) mass is 239 g/mol. The third-order valence-corrected chi connectivity index (χ3v) is 2.59. The van der Waals surface area contributed by atoms with Crippen LogP contribution in [0, 0.1) is 0 Å². The molecule has 1 heterocycles. The largest absolute Gasteiger partial charge is 0.349 e. The van der Waals surface area contributed by atoms with Crippen molar-refractivity contribution in [3.05, 3.63) is 12.2 Å². The molecule has 6 nitrogen and oxygen atoms in total. The van der Waals surface area contributed by atoms with Gasteiger partial charge in [-0.3, -0.25) is 4.79 Å². The van der Waals surface area contributed by atoms with Crippen LogP contribution in [0.25, 0.3) is 0 Å². The summed E-state index contributed by atoms with van der Waals surface area (Å²) in [4.78, 5) is 11.6. The molecular formula is C11H21N5O. The Kier molecular flexibility index (Phi) is 5.62. The van der Waals surface area contributed by atoms with Gasteiger partial charge < -0.3 is 15.6 Å². The number of nitrogens with two attached hydrogens (primary N) is 1. The molecule has 1 rings (SSSR count). The summed E-state index contributed by atoms with van der Waals surface area (Å²) >= 11 is 0. The molecule has 17 heavy (non-hydrogen) atoms. The normalized spacial score (nSPS) is 12.4. The second-order valence-corrected chi connectivity index (χ2v) is 4.06. The highest BCUT2D eigenvalue weighted by molar-refractivity contribution is 5.76. The average Bonchev–Trinajstić information content (AvgIpc) is 2.73. The fourth-order valence-electron chi connectivity index (χ4n) is 1.64. The van der Waals surface area contributed by atoms with Gasteiger partial charge in [0.15, 0.2) is 5.82 Å². The predicted molar refractivity (Wildman–Crippen MR) is 65.0 cm³/mol. The van der Waals surface area contributed by atoms with E-state index in [-0.39, 0.29) is 11.9 Å². The number of amides is 1. The predicted octanol–water partition coefficient (Wildman–Crippen LogP) is 0.432. The van der Waals surface area contributed by atoms with Gasteiger partial charge in [-0.15, -0.1) is 10.2 Å². The number of carbonyl (C=O) groups excluding carboxylic acids is 1. The van der Waals surface area contributed by atoms with Gasteiger partial charge in [-0.25, -0.2) is 0 Å². The van der Waals surface area contributed by atoms with Crippen molar-refractivity contribution in [1.82, 2.24) is 20.1 Å². The Bertz CT molecular complexity index is 349. The molecule has 0 saturated heterocycles. The topological polar surface area (TPSA) is 85.8 Å². The molecule has 1 atom stereocenters. The van der Waals surface area contributed by atoms with Crippen LogP contribution in [-0.2, 0) is 17.9 Å². The molecule has 0 radical (unpaired) electrons. The molecule has 0 fully saturated rings. The van der Waals surface area contributed by atoms with Crippen LogP contribution in [0.15, 0.2) is 6.33 Å². The number of rotatable bonds is 7. The summed E-state index contributed by atoms with van der Waals surface area (Å²) in [7, 11) is 0. The lowest BCUT2D eigenvalue weighted by Gasteiger charge is -2.10. The maximum atomic E-state index is 11.6. The first-order valence-electron chi connectivity index (χ1n) is 6.06. The van der Waals surface area contributed by atoms with Crippen molar-refractivity contribution < 1.29 is 4.79 Å².